The lowest BCUT2D eigenvalue weighted by atomic mass is 9.97. The fraction of sp³-hybridized carbons (Fsp3) is 0.455. The Labute approximate surface area is 121 Å². The minimum Gasteiger partial charge on any atom is -0.494 e. The molecule has 0 unspecified atom stereocenters. The summed E-state index contributed by atoms with van der Waals surface area (Å²) < 4.78 is 36.8. The van der Waals surface area contributed by atoms with Crippen molar-refractivity contribution in [2.45, 2.75) is 30.4 Å². The van der Waals surface area contributed by atoms with Crippen LogP contribution in [0.25, 0.3) is 0 Å². The van der Waals surface area contributed by atoms with Crippen molar-refractivity contribution in [2.24, 2.45) is 0 Å². The van der Waals surface area contributed by atoms with Gasteiger partial charge in [0.2, 0.25) is 5.89 Å². The molecule has 0 aromatic carbocycles. The lowest BCUT2D eigenvalue weighted by Crippen LogP contribution is -2.15. The third-order valence-corrected chi connectivity index (χ3v) is 5.13. The molecular formula is C11H15N3O4S2. The van der Waals surface area contributed by atoms with Crippen LogP contribution in [0.15, 0.2) is 20.2 Å². The number of rotatable bonds is 4. The van der Waals surface area contributed by atoms with Crippen LogP contribution in [0.3, 0.4) is 0 Å². The van der Waals surface area contributed by atoms with E-state index in [9.17, 15) is 8.42 Å². The molecular weight excluding hydrogens is 302 g/mol. The summed E-state index contributed by atoms with van der Waals surface area (Å²) in [5.41, 5.74) is -0.350. The highest BCUT2D eigenvalue weighted by Crippen LogP contribution is 2.31. The zero-order chi connectivity index (χ0) is 15.0. The van der Waals surface area contributed by atoms with Crippen molar-refractivity contribution in [1.82, 2.24) is 10.1 Å². The molecule has 9 heteroatoms. The Morgan fingerprint density at radius 2 is 2.10 bits per heavy atom. The van der Waals surface area contributed by atoms with Gasteiger partial charge in [-0.15, -0.1) is 11.3 Å². The molecule has 2 aromatic rings. The van der Waals surface area contributed by atoms with Crippen LogP contribution in [0.4, 0.5) is 5.95 Å². The van der Waals surface area contributed by atoms with E-state index in [1.165, 1.54) is 7.11 Å². The predicted molar refractivity (Wildman–Crippen MR) is 74.7 cm³/mol. The molecule has 0 amide bonds. The fourth-order valence-electron chi connectivity index (χ4n) is 1.37. The number of thiophene rings is 1. The van der Waals surface area contributed by atoms with Crippen molar-refractivity contribution in [3.05, 3.63) is 17.3 Å². The molecule has 0 aliphatic rings. The predicted octanol–water partition coefficient (Wildman–Crippen LogP) is 2.24. The lowest BCUT2D eigenvalue weighted by molar-refractivity contribution is 0.321. The standard InChI is InChI=1S/C11H15N3O4S2/c1-11(2,3)9-12-10(13-18-9)14-20(15,16)8-7(17-4)5-6-19-8/h5-6H,1-4H3,(H,13,14). The molecule has 0 atom stereocenters. The van der Waals surface area contributed by atoms with Gasteiger partial charge in [0.25, 0.3) is 16.0 Å². The summed E-state index contributed by atoms with van der Waals surface area (Å²) in [5.74, 6) is 0.542. The Morgan fingerprint density at radius 3 is 2.65 bits per heavy atom. The molecule has 110 valence electrons. The van der Waals surface area contributed by atoms with Gasteiger partial charge >= 0.3 is 0 Å². The van der Waals surface area contributed by atoms with E-state index in [-0.39, 0.29) is 21.3 Å². The van der Waals surface area contributed by atoms with Gasteiger partial charge in [-0.2, -0.15) is 4.98 Å². The highest BCUT2D eigenvalue weighted by molar-refractivity contribution is 7.94. The number of sulfonamides is 1. The summed E-state index contributed by atoms with van der Waals surface area (Å²) >= 11 is 1.05. The minimum atomic E-state index is -3.79. The van der Waals surface area contributed by atoms with Crippen molar-refractivity contribution in [3.63, 3.8) is 0 Å². The van der Waals surface area contributed by atoms with Gasteiger partial charge in [-0.25, -0.2) is 13.1 Å². The Kier molecular flexibility index (Phi) is 3.74. The van der Waals surface area contributed by atoms with Gasteiger partial charge in [-0.1, -0.05) is 20.8 Å². The van der Waals surface area contributed by atoms with Crippen LogP contribution in [-0.2, 0) is 15.4 Å². The first-order chi connectivity index (χ1) is 9.24. The quantitative estimate of drug-likeness (QED) is 0.929. The molecule has 0 radical (unpaired) electrons. The molecule has 2 rings (SSSR count). The molecule has 0 bridgehead atoms. The van der Waals surface area contributed by atoms with E-state index in [0.29, 0.717) is 5.89 Å². The molecule has 0 spiro atoms. The van der Waals surface area contributed by atoms with Crippen molar-refractivity contribution in [1.29, 1.82) is 0 Å². The van der Waals surface area contributed by atoms with Crippen molar-refractivity contribution < 1.29 is 17.7 Å². The molecule has 20 heavy (non-hydrogen) atoms. The van der Waals surface area contributed by atoms with Crippen molar-refractivity contribution in [3.8, 4) is 5.75 Å². The molecule has 0 saturated carbocycles. The Bertz CT molecular complexity index is 697. The topological polar surface area (TPSA) is 94.3 Å². The van der Waals surface area contributed by atoms with E-state index in [1.807, 2.05) is 20.8 Å². The summed E-state index contributed by atoms with van der Waals surface area (Å²) in [6.45, 7) is 5.67. The van der Waals surface area contributed by atoms with Crippen LogP contribution in [0, 0.1) is 0 Å². The van der Waals surface area contributed by atoms with Gasteiger partial charge in [-0.3, -0.25) is 0 Å². The maximum Gasteiger partial charge on any atom is 0.277 e. The van der Waals surface area contributed by atoms with Crippen molar-refractivity contribution in [2.75, 3.05) is 11.8 Å². The van der Waals surface area contributed by atoms with Crippen molar-refractivity contribution >= 4 is 27.3 Å². The van der Waals surface area contributed by atoms with Crippen LogP contribution in [-0.4, -0.2) is 25.7 Å². The van der Waals surface area contributed by atoms with E-state index in [1.54, 1.807) is 11.4 Å². The van der Waals surface area contributed by atoms with E-state index in [4.69, 9.17) is 9.26 Å². The zero-order valence-electron chi connectivity index (χ0n) is 11.5. The number of ether oxygens (including phenoxy) is 1. The molecule has 2 aromatic heterocycles. The monoisotopic (exact) mass is 317 g/mol. The second-order valence-electron chi connectivity index (χ2n) is 5.06. The average Bonchev–Trinajstić information content (AvgIpc) is 2.94. The summed E-state index contributed by atoms with van der Waals surface area (Å²) in [7, 11) is -2.38. The van der Waals surface area contributed by atoms with Crippen LogP contribution < -0.4 is 9.46 Å². The molecule has 0 aliphatic carbocycles. The zero-order valence-corrected chi connectivity index (χ0v) is 13.1. The number of hydrogen-bond donors (Lipinski definition) is 1. The number of hydrogen-bond acceptors (Lipinski definition) is 7. The minimum absolute atomic E-state index is 0.0714. The van der Waals surface area contributed by atoms with Crippen LogP contribution in [0.5, 0.6) is 5.75 Å². The number of nitrogens with one attached hydrogen (secondary N) is 1. The Hall–Kier alpha value is -1.61. The summed E-state index contributed by atoms with van der Waals surface area (Å²) in [6, 6.07) is 1.58. The van der Waals surface area contributed by atoms with E-state index in [0.717, 1.165) is 11.3 Å². The highest BCUT2D eigenvalue weighted by atomic mass is 32.2. The molecule has 2 heterocycles. The Balaban J connectivity index is 2.27. The number of methoxy groups -OCH3 is 1. The number of anilines is 1. The first-order valence-corrected chi connectivity index (χ1v) is 8.09. The lowest BCUT2D eigenvalue weighted by Gasteiger charge is -2.10. The maximum atomic E-state index is 12.2. The third kappa shape index (κ3) is 2.93. The SMILES string of the molecule is COc1ccsc1S(=O)(=O)Nc1noc(C(C)(C)C)n1. The molecule has 0 saturated heterocycles. The van der Waals surface area contributed by atoms with E-state index >= 15 is 0 Å². The van der Waals surface area contributed by atoms with Gasteiger partial charge in [0.15, 0.2) is 4.21 Å². The number of aromatic nitrogens is 2. The maximum absolute atomic E-state index is 12.2. The molecule has 7 nitrogen and oxygen atoms in total. The van der Waals surface area contributed by atoms with E-state index < -0.39 is 10.0 Å². The Morgan fingerprint density at radius 1 is 1.40 bits per heavy atom. The summed E-state index contributed by atoms with van der Waals surface area (Å²) in [4.78, 5) is 4.03. The average molecular weight is 317 g/mol. The number of nitrogens with zero attached hydrogens (tertiary/aromatic N) is 2. The highest BCUT2D eigenvalue weighted by Gasteiger charge is 2.26. The smallest absolute Gasteiger partial charge is 0.277 e. The third-order valence-electron chi connectivity index (χ3n) is 2.35. The second kappa shape index (κ2) is 5.06. The first-order valence-electron chi connectivity index (χ1n) is 5.72. The largest absolute Gasteiger partial charge is 0.494 e. The van der Waals surface area contributed by atoms with Gasteiger partial charge in [0.05, 0.1) is 7.11 Å². The van der Waals surface area contributed by atoms with Gasteiger partial charge in [-0.05, 0) is 16.6 Å². The first kappa shape index (κ1) is 14.8. The summed E-state index contributed by atoms with van der Waals surface area (Å²) in [5, 5.41) is 5.25. The van der Waals surface area contributed by atoms with Crippen LogP contribution in [0.2, 0.25) is 0 Å². The summed E-state index contributed by atoms with van der Waals surface area (Å²) in [6.07, 6.45) is 0. The van der Waals surface area contributed by atoms with Crippen LogP contribution >= 0.6 is 11.3 Å². The van der Waals surface area contributed by atoms with Gasteiger partial charge in [0, 0.05) is 5.41 Å². The fourth-order valence-corrected chi connectivity index (χ4v) is 3.58. The van der Waals surface area contributed by atoms with E-state index in [2.05, 4.69) is 14.9 Å². The van der Waals surface area contributed by atoms with Gasteiger partial charge in [0.1, 0.15) is 5.75 Å². The van der Waals surface area contributed by atoms with Crippen LogP contribution in [0.1, 0.15) is 26.7 Å². The molecule has 0 aliphatic heterocycles. The molecule has 1 N–H and O–H groups in total. The van der Waals surface area contributed by atoms with Gasteiger partial charge < -0.3 is 9.26 Å². The normalized spacial score (nSPS) is 12.4. The second-order valence-corrected chi connectivity index (χ2v) is 7.85. The molecule has 0 fully saturated rings.